The number of anilines is 1. The normalized spacial score (nSPS) is 11.4. The van der Waals surface area contributed by atoms with Crippen molar-refractivity contribution in [2.45, 2.75) is 13.0 Å². The molecule has 0 bridgehead atoms. The van der Waals surface area contributed by atoms with Crippen LogP contribution in [0, 0.1) is 10.1 Å². The lowest BCUT2D eigenvalue weighted by atomic mass is 10.1. The van der Waals surface area contributed by atoms with Crippen LogP contribution in [0.3, 0.4) is 0 Å². The fraction of sp³-hybridized carbons (Fsp3) is 0.176. The number of nitrogens with one attached hydrogen (secondary N) is 2. The SMILES string of the molecule is COc1ccc(NC(=O)[C@H](C)NC(=O)c2ccc(Cl)c([N+](=O)[O-])c2)cc1Cl. The van der Waals surface area contributed by atoms with Crippen LogP contribution in [0.5, 0.6) is 5.75 Å². The topological polar surface area (TPSA) is 111 Å². The Morgan fingerprint density at radius 1 is 1.15 bits per heavy atom. The predicted molar refractivity (Wildman–Crippen MR) is 102 cm³/mol. The Labute approximate surface area is 164 Å². The standard InChI is InChI=1S/C17H15Cl2N3O5/c1-9(16(23)21-11-4-6-15(27-2)13(19)8-11)20-17(24)10-3-5-12(18)14(7-10)22(25)26/h3-9H,1-2H3,(H,20,24)(H,21,23)/t9-/m0/s1. The van der Waals surface area contributed by atoms with Crippen LogP contribution in [0.2, 0.25) is 10.0 Å². The van der Waals surface area contributed by atoms with Crippen molar-refractivity contribution in [2.24, 2.45) is 0 Å². The van der Waals surface area contributed by atoms with Crippen LogP contribution in [0.15, 0.2) is 36.4 Å². The van der Waals surface area contributed by atoms with E-state index in [9.17, 15) is 19.7 Å². The van der Waals surface area contributed by atoms with E-state index >= 15 is 0 Å². The quantitative estimate of drug-likeness (QED) is 0.556. The minimum Gasteiger partial charge on any atom is -0.495 e. The van der Waals surface area contributed by atoms with E-state index in [2.05, 4.69) is 10.6 Å². The average molecular weight is 412 g/mol. The number of nitro groups is 1. The Hall–Kier alpha value is -2.84. The van der Waals surface area contributed by atoms with Crippen molar-refractivity contribution in [2.75, 3.05) is 12.4 Å². The van der Waals surface area contributed by atoms with Gasteiger partial charge in [-0.1, -0.05) is 23.2 Å². The first-order valence-corrected chi connectivity index (χ1v) is 8.37. The third kappa shape index (κ3) is 5.08. The molecule has 2 amide bonds. The first kappa shape index (κ1) is 20.5. The highest BCUT2D eigenvalue weighted by Gasteiger charge is 2.20. The summed E-state index contributed by atoms with van der Waals surface area (Å²) in [6.45, 7) is 1.47. The third-order valence-corrected chi connectivity index (χ3v) is 4.18. The van der Waals surface area contributed by atoms with Crippen LogP contribution in [0.25, 0.3) is 0 Å². The molecule has 0 radical (unpaired) electrons. The van der Waals surface area contributed by atoms with Gasteiger partial charge in [0.1, 0.15) is 16.8 Å². The summed E-state index contributed by atoms with van der Waals surface area (Å²) < 4.78 is 5.03. The van der Waals surface area contributed by atoms with E-state index in [1.54, 1.807) is 12.1 Å². The molecule has 0 aliphatic rings. The zero-order valence-corrected chi connectivity index (χ0v) is 15.8. The number of ether oxygens (including phenoxy) is 1. The molecule has 0 spiro atoms. The van der Waals surface area contributed by atoms with Crippen LogP contribution in [0.4, 0.5) is 11.4 Å². The van der Waals surface area contributed by atoms with E-state index in [0.717, 1.165) is 6.07 Å². The summed E-state index contributed by atoms with van der Waals surface area (Å²) in [7, 11) is 1.47. The van der Waals surface area contributed by atoms with Gasteiger partial charge in [-0.2, -0.15) is 0 Å². The van der Waals surface area contributed by atoms with Crippen molar-refractivity contribution < 1.29 is 19.2 Å². The van der Waals surface area contributed by atoms with Crippen LogP contribution in [-0.2, 0) is 4.79 Å². The number of carbonyl (C=O) groups excluding carboxylic acids is 2. The van der Waals surface area contributed by atoms with E-state index in [-0.39, 0.29) is 10.6 Å². The van der Waals surface area contributed by atoms with Gasteiger partial charge in [-0.25, -0.2) is 0 Å². The number of nitrogens with zero attached hydrogens (tertiary/aromatic N) is 1. The van der Waals surface area contributed by atoms with Gasteiger partial charge in [0, 0.05) is 17.3 Å². The molecule has 142 valence electrons. The lowest BCUT2D eigenvalue weighted by molar-refractivity contribution is -0.384. The number of nitro benzene ring substituents is 1. The molecule has 0 fully saturated rings. The van der Waals surface area contributed by atoms with Gasteiger partial charge in [0.15, 0.2) is 0 Å². The number of benzene rings is 2. The van der Waals surface area contributed by atoms with E-state index in [0.29, 0.717) is 16.5 Å². The van der Waals surface area contributed by atoms with Gasteiger partial charge in [-0.3, -0.25) is 19.7 Å². The minimum absolute atomic E-state index is 0.0123. The number of halogens is 2. The van der Waals surface area contributed by atoms with Crippen molar-refractivity contribution >= 4 is 46.4 Å². The lowest BCUT2D eigenvalue weighted by Crippen LogP contribution is -2.41. The molecular formula is C17H15Cl2N3O5. The van der Waals surface area contributed by atoms with Crippen LogP contribution in [0.1, 0.15) is 17.3 Å². The Kier molecular flexibility index (Phi) is 6.59. The zero-order valence-electron chi connectivity index (χ0n) is 14.3. The van der Waals surface area contributed by atoms with Gasteiger partial charge in [-0.05, 0) is 37.3 Å². The fourth-order valence-electron chi connectivity index (χ4n) is 2.13. The Bertz CT molecular complexity index is 904. The van der Waals surface area contributed by atoms with Crippen molar-refractivity contribution in [3.05, 3.63) is 62.1 Å². The van der Waals surface area contributed by atoms with Crippen LogP contribution >= 0.6 is 23.2 Å². The second kappa shape index (κ2) is 8.70. The highest BCUT2D eigenvalue weighted by Crippen LogP contribution is 2.27. The summed E-state index contributed by atoms with van der Waals surface area (Å²) in [6, 6.07) is 7.42. The molecule has 2 aromatic carbocycles. The zero-order chi connectivity index (χ0) is 20.1. The molecule has 0 aromatic heterocycles. The van der Waals surface area contributed by atoms with Gasteiger partial charge in [0.2, 0.25) is 5.91 Å². The van der Waals surface area contributed by atoms with Gasteiger partial charge in [-0.15, -0.1) is 0 Å². The number of hydrogen-bond acceptors (Lipinski definition) is 5. The van der Waals surface area contributed by atoms with Crippen molar-refractivity contribution in [3.63, 3.8) is 0 Å². The monoisotopic (exact) mass is 411 g/mol. The predicted octanol–water partition coefficient (Wildman–Crippen LogP) is 3.67. The molecule has 0 heterocycles. The molecule has 0 saturated carbocycles. The summed E-state index contributed by atoms with van der Waals surface area (Å²) in [4.78, 5) is 34.7. The van der Waals surface area contributed by atoms with E-state index < -0.39 is 28.5 Å². The van der Waals surface area contributed by atoms with E-state index in [1.165, 1.54) is 32.2 Å². The van der Waals surface area contributed by atoms with Gasteiger partial charge in [0.25, 0.3) is 11.6 Å². The van der Waals surface area contributed by atoms with Gasteiger partial charge < -0.3 is 15.4 Å². The summed E-state index contributed by atoms with van der Waals surface area (Å²) in [6.07, 6.45) is 0. The summed E-state index contributed by atoms with van der Waals surface area (Å²) >= 11 is 11.7. The number of rotatable bonds is 6. The molecule has 27 heavy (non-hydrogen) atoms. The molecular weight excluding hydrogens is 397 g/mol. The number of amides is 2. The second-order valence-electron chi connectivity index (χ2n) is 5.46. The number of hydrogen-bond donors (Lipinski definition) is 2. The Morgan fingerprint density at radius 3 is 2.44 bits per heavy atom. The molecule has 1 atom stereocenters. The first-order valence-electron chi connectivity index (χ1n) is 7.62. The molecule has 2 N–H and O–H groups in total. The van der Waals surface area contributed by atoms with E-state index in [1.807, 2.05) is 0 Å². The minimum atomic E-state index is -0.909. The smallest absolute Gasteiger partial charge is 0.288 e. The highest BCUT2D eigenvalue weighted by atomic mass is 35.5. The van der Waals surface area contributed by atoms with E-state index in [4.69, 9.17) is 27.9 Å². The highest BCUT2D eigenvalue weighted by molar-refractivity contribution is 6.33. The Morgan fingerprint density at radius 2 is 1.85 bits per heavy atom. The maximum atomic E-state index is 12.2. The van der Waals surface area contributed by atoms with Gasteiger partial charge >= 0.3 is 0 Å². The largest absolute Gasteiger partial charge is 0.495 e. The number of carbonyl (C=O) groups is 2. The molecule has 10 heteroatoms. The van der Waals surface area contributed by atoms with Crippen LogP contribution in [-0.4, -0.2) is 29.9 Å². The van der Waals surface area contributed by atoms with Crippen molar-refractivity contribution in [1.82, 2.24) is 5.32 Å². The van der Waals surface area contributed by atoms with Gasteiger partial charge in [0.05, 0.1) is 17.1 Å². The second-order valence-corrected chi connectivity index (χ2v) is 6.27. The summed E-state index contributed by atoms with van der Waals surface area (Å²) in [5, 5.41) is 16.2. The molecule has 0 aliphatic carbocycles. The fourth-order valence-corrected chi connectivity index (χ4v) is 2.58. The average Bonchev–Trinajstić information content (AvgIpc) is 2.61. The summed E-state index contributed by atoms with van der Waals surface area (Å²) in [5.41, 5.74) is 0.0431. The maximum Gasteiger partial charge on any atom is 0.288 e. The van der Waals surface area contributed by atoms with Crippen LogP contribution < -0.4 is 15.4 Å². The first-order chi connectivity index (χ1) is 12.7. The maximum absolute atomic E-state index is 12.2. The third-order valence-electron chi connectivity index (χ3n) is 3.57. The molecule has 0 aliphatic heterocycles. The molecule has 2 rings (SSSR count). The molecule has 0 saturated heterocycles. The Balaban J connectivity index is 2.05. The number of methoxy groups -OCH3 is 1. The lowest BCUT2D eigenvalue weighted by Gasteiger charge is -2.15. The molecule has 2 aromatic rings. The summed E-state index contributed by atoms with van der Waals surface area (Å²) in [5.74, 6) is -0.682. The van der Waals surface area contributed by atoms with Crippen molar-refractivity contribution in [3.8, 4) is 5.75 Å². The molecule has 0 unspecified atom stereocenters. The molecule has 8 nitrogen and oxygen atoms in total. The van der Waals surface area contributed by atoms with Crippen molar-refractivity contribution in [1.29, 1.82) is 0 Å².